The van der Waals surface area contributed by atoms with E-state index in [1.807, 2.05) is 4.90 Å². The molecule has 0 unspecified atom stereocenters. The summed E-state index contributed by atoms with van der Waals surface area (Å²) in [5.41, 5.74) is 5.45. The summed E-state index contributed by atoms with van der Waals surface area (Å²) in [5, 5.41) is 2.62. The van der Waals surface area contributed by atoms with Crippen LogP contribution >= 0.6 is 0 Å². The zero-order valence-corrected chi connectivity index (χ0v) is 12.8. The van der Waals surface area contributed by atoms with Gasteiger partial charge in [-0.3, -0.25) is 14.5 Å². The van der Waals surface area contributed by atoms with Crippen LogP contribution in [0.15, 0.2) is 0 Å². The van der Waals surface area contributed by atoms with Crippen LogP contribution in [0.25, 0.3) is 0 Å². The molecule has 2 rings (SSSR count). The van der Waals surface area contributed by atoms with Gasteiger partial charge in [-0.25, -0.2) is 0 Å². The van der Waals surface area contributed by atoms with Gasteiger partial charge in [0.15, 0.2) is 0 Å². The van der Waals surface area contributed by atoms with Crippen molar-refractivity contribution in [3.63, 3.8) is 0 Å². The van der Waals surface area contributed by atoms with Gasteiger partial charge in [-0.15, -0.1) is 0 Å². The Morgan fingerprint density at radius 1 is 1.19 bits per heavy atom. The quantitative estimate of drug-likeness (QED) is 0.669. The molecule has 2 aliphatic rings. The molecule has 0 atom stereocenters. The van der Waals surface area contributed by atoms with Crippen LogP contribution in [0.2, 0.25) is 0 Å². The molecule has 0 bridgehead atoms. The Hall–Kier alpha value is -1.18. The summed E-state index contributed by atoms with van der Waals surface area (Å²) in [6.45, 7) is 4.80. The first kappa shape index (κ1) is 16.2. The highest BCUT2D eigenvalue weighted by molar-refractivity contribution is 5.83. The van der Waals surface area contributed by atoms with E-state index >= 15 is 0 Å². The summed E-state index contributed by atoms with van der Waals surface area (Å²) >= 11 is 0. The standard InChI is InChI=1S/C14H26N4O3/c1-16-12(19)10-17-4-6-18(7-5-17)13(20)14(11-15)2-8-21-9-3-14/h2-11,15H2,1H3,(H,16,19). The second-order valence-corrected chi connectivity index (χ2v) is 5.84. The van der Waals surface area contributed by atoms with Gasteiger partial charge in [-0.1, -0.05) is 0 Å². The van der Waals surface area contributed by atoms with Crippen LogP contribution in [0, 0.1) is 5.41 Å². The van der Waals surface area contributed by atoms with E-state index in [0.717, 1.165) is 13.1 Å². The van der Waals surface area contributed by atoms with Gasteiger partial charge in [0, 0.05) is 53.0 Å². The van der Waals surface area contributed by atoms with E-state index in [4.69, 9.17) is 10.5 Å². The number of rotatable bonds is 4. The van der Waals surface area contributed by atoms with E-state index in [2.05, 4.69) is 10.2 Å². The Morgan fingerprint density at radius 3 is 2.33 bits per heavy atom. The Labute approximate surface area is 125 Å². The lowest BCUT2D eigenvalue weighted by Gasteiger charge is -2.42. The first-order valence-electron chi connectivity index (χ1n) is 7.61. The minimum absolute atomic E-state index is 0.0117. The lowest BCUT2D eigenvalue weighted by atomic mass is 9.78. The number of amides is 2. The second kappa shape index (κ2) is 7.20. The highest BCUT2D eigenvalue weighted by atomic mass is 16.5. The lowest BCUT2D eigenvalue weighted by molar-refractivity contribution is -0.149. The second-order valence-electron chi connectivity index (χ2n) is 5.84. The number of nitrogens with two attached hydrogens (primary N) is 1. The van der Waals surface area contributed by atoms with Crippen molar-refractivity contribution in [2.75, 3.05) is 59.5 Å². The average Bonchev–Trinajstić information content (AvgIpc) is 2.55. The maximum absolute atomic E-state index is 12.8. The number of nitrogens with zero attached hydrogens (tertiary/aromatic N) is 2. The highest BCUT2D eigenvalue weighted by Gasteiger charge is 2.42. The van der Waals surface area contributed by atoms with Crippen molar-refractivity contribution in [3.8, 4) is 0 Å². The maximum Gasteiger partial charge on any atom is 0.233 e. The molecule has 0 aromatic rings. The van der Waals surface area contributed by atoms with Gasteiger partial charge >= 0.3 is 0 Å². The molecule has 0 saturated carbocycles. The molecule has 0 aromatic carbocycles. The third kappa shape index (κ3) is 3.72. The van der Waals surface area contributed by atoms with E-state index in [1.54, 1.807) is 7.05 Å². The zero-order chi connectivity index (χ0) is 15.3. The molecule has 2 fully saturated rings. The van der Waals surface area contributed by atoms with Gasteiger partial charge in [0.1, 0.15) is 0 Å². The molecule has 2 saturated heterocycles. The normalized spacial score (nSPS) is 22.9. The summed E-state index contributed by atoms with van der Waals surface area (Å²) in [6.07, 6.45) is 1.42. The number of ether oxygens (including phenoxy) is 1. The van der Waals surface area contributed by atoms with Crippen molar-refractivity contribution < 1.29 is 14.3 Å². The van der Waals surface area contributed by atoms with Crippen molar-refractivity contribution in [2.45, 2.75) is 12.8 Å². The molecule has 21 heavy (non-hydrogen) atoms. The molecule has 7 nitrogen and oxygen atoms in total. The van der Waals surface area contributed by atoms with Gasteiger partial charge in [-0.05, 0) is 12.8 Å². The summed E-state index contributed by atoms with van der Waals surface area (Å²) in [4.78, 5) is 28.1. The Morgan fingerprint density at radius 2 is 1.81 bits per heavy atom. The van der Waals surface area contributed by atoms with Crippen LogP contribution in [0.3, 0.4) is 0 Å². The van der Waals surface area contributed by atoms with Crippen LogP contribution < -0.4 is 11.1 Å². The molecule has 2 aliphatic heterocycles. The van der Waals surface area contributed by atoms with E-state index in [0.29, 0.717) is 52.2 Å². The molecule has 0 aliphatic carbocycles. The van der Waals surface area contributed by atoms with Gasteiger partial charge in [-0.2, -0.15) is 0 Å². The van der Waals surface area contributed by atoms with E-state index < -0.39 is 5.41 Å². The fraction of sp³-hybridized carbons (Fsp3) is 0.857. The lowest BCUT2D eigenvalue weighted by Crippen LogP contribution is -2.57. The SMILES string of the molecule is CNC(=O)CN1CCN(C(=O)C2(CN)CCOCC2)CC1. The predicted molar refractivity (Wildman–Crippen MR) is 78.6 cm³/mol. The van der Waals surface area contributed by atoms with Crippen LogP contribution in [0.4, 0.5) is 0 Å². The van der Waals surface area contributed by atoms with Crippen LogP contribution in [0.1, 0.15) is 12.8 Å². The molecular formula is C14H26N4O3. The van der Waals surface area contributed by atoms with Crippen LogP contribution in [-0.4, -0.2) is 81.1 Å². The third-order valence-corrected chi connectivity index (χ3v) is 4.60. The number of piperazine rings is 1. The van der Waals surface area contributed by atoms with Crippen molar-refractivity contribution in [3.05, 3.63) is 0 Å². The summed E-state index contributed by atoms with van der Waals surface area (Å²) in [6, 6.07) is 0. The smallest absolute Gasteiger partial charge is 0.233 e. The minimum atomic E-state index is -0.443. The summed E-state index contributed by atoms with van der Waals surface area (Å²) < 4.78 is 5.36. The number of hydrogen-bond donors (Lipinski definition) is 2. The Bertz CT molecular complexity index is 374. The molecule has 2 heterocycles. The van der Waals surface area contributed by atoms with Crippen LogP contribution in [0.5, 0.6) is 0 Å². The zero-order valence-electron chi connectivity index (χ0n) is 12.8. The van der Waals surface area contributed by atoms with Crippen LogP contribution in [-0.2, 0) is 14.3 Å². The maximum atomic E-state index is 12.8. The highest BCUT2D eigenvalue weighted by Crippen LogP contribution is 2.32. The van der Waals surface area contributed by atoms with Crippen molar-refractivity contribution in [1.82, 2.24) is 15.1 Å². The van der Waals surface area contributed by atoms with Gasteiger partial charge in [0.25, 0.3) is 0 Å². The first-order valence-corrected chi connectivity index (χ1v) is 7.61. The fourth-order valence-corrected chi connectivity index (χ4v) is 2.99. The molecule has 0 aromatic heterocycles. The summed E-state index contributed by atoms with van der Waals surface area (Å²) in [5.74, 6) is 0.172. The number of likely N-dealkylation sites (N-methyl/N-ethyl adjacent to an activating group) is 1. The molecule has 0 spiro atoms. The average molecular weight is 298 g/mol. The number of carbonyl (C=O) groups is 2. The molecule has 120 valence electrons. The van der Waals surface area contributed by atoms with Gasteiger partial charge < -0.3 is 20.7 Å². The van der Waals surface area contributed by atoms with E-state index in [9.17, 15) is 9.59 Å². The Balaban J connectivity index is 1.88. The number of hydrogen-bond acceptors (Lipinski definition) is 5. The van der Waals surface area contributed by atoms with Crippen molar-refractivity contribution >= 4 is 11.8 Å². The van der Waals surface area contributed by atoms with Crippen molar-refractivity contribution in [1.29, 1.82) is 0 Å². The van der Waals surface area contributed by atoms with Gasteiger partial charge in [0.05, 0.1) is 12.0 Å². The minimum Gasteiger partial charge on any atom is -0.381 e. The summed E-state index contributed by atoms with van der Waals surface area (Å²) in [7, 11) is 1.64. The fourth-order valence-electron chi connectivity index (χ4n) is 2.99. The monoisotopic (exact) mass is 298 g/mol. The molecule has 7 heteroatoms. The number of nitrogens with one attached hydrogen (secondary N) is 1. The van der Waals surface area contributed by atoms with E-state index in [1.165, 1.54) is 0 Å². The van der Waals surface area contributed by atoms with E-state index in [-0.39, 0.29) is 11.8 Å². The number of carbonyl (C=O) groups excluding carboxylic acids is 2. The third-order valence-electron chi connectivity index (χ3n) is 4.60. The largest absolute Gasteiger partial charge is 0.381 e. The molecule has 2 amide bonds. The van der Waals surface area contributed by atoms with Gasteiger partial charge in [0.2, 0.25) is 11.8 Å². The molecule has 0 radical (unpaired) electrons. The van der Waals surface area contributed by atoms with Crippen molar-refractivity contribution in [2.24, 2.45) is 11.1 Å². The first-order chi connectivity index (χ1) is 10.1. The molecular weight excluding hydrogens is 272 g/mol. The molecule has 3 N–H and O–H groups in total. The topological polar surface area (TPSA) is 87.9 Å². The predicted octanol–water partition coefficient (Wildman–Crippen LogP) is -1.37. The Kier molecular flexibility index (Phi) is 5.55.